The molecule has 0 radical (unpaired) electrons. The number of amides is 3. The van der Waals surface area contributed by atoms with Crippen LogP contribution in [0.3, 0.4) is 0 Å². The van der Waals surface area contributed by atoms with Crippen molar-refractivity contribution >= 4 is 73.9 Å². The number of ether oxygens (including phenoxy) is 1. The number of nitrogens with zero attached hydrogens (tertiary/aromatic N) is 4. The van der Waals surface area contributed by atoms with Crippen molar-refractivity contribution in [1.82, 2.24) is 10.2 Å². The van der Waals surface area contributed by atoms with Crippen molar-refractivity contribution in [3.8, 4) is 5.75 Å². The van der Waals surface area contributed by atoms with Crippen LogP contribution in [0, 0.1) is 10.1 Å². The monoisotopic (exact) mass is 709 g/mol. The summed E-state index contributed by atoms with van der Waals surface area (Å²) in [6, 6.07) is 20.4. The number of fused-ring (bicyclic) bond motifs is 2. The number of carbonyl (C=O) groups excluding carboxylic acids is 3. The molecule has 46 heavy (non-hydrogen) atoms. The number of nitro benzene ring substituents is 1. The van der Waals surface area contributed by atoms with Crippen LogP contribution in [0.4, 0.5) is 17.1 Å². The molecule has 11 nitrogen and oxygen atoms in total. The SMILES string of the molecule is CN[C@@H](C)C(=O)N(C)[C@H]1CN(C(=O)c2ccc([N+](=O)[O-])cc2)c2ccccc2N(Cc2c(OC)ccc3cc(Br)ccc23)C1=O.Cl. The zero-order chi connectivity index (χ0) is 32.4. The van der Waals surface area contributed by atoms with Gasteiger partial charge in [-0.2, -0.15) is 0 Å². The first-order valence-corrected chi connectivity index (χ1v) is 15.0. The molecule has 0 unspecified atom stereocenters. The van der Waals surface area contributed by atoms with E-state index < -0.39 is 22.9 Å². The number of halogens is 2. The van der Waals surface area contributed by atoms with E-state index in [0.717, 1.165) is 20.8 Å². The van der Waals surface area contributed by atoms with E-state index in [0.29, 0.717) is 17.1 Å². The van der Waals surface area contributed by atoms with Gasteiger partial charge in [-0.15, -0.1) is 12.4 Å². The van der Waals surface area contributed by atoms with Crippen LogP contribution in [-0.4, -0.2) is 67.4 Å². The first-order chi connectivity index (χ1) is 21.5. The number of hydrogen-bond donors (Lipinski definition) is 1. The van der Waals surface area contributed by atoms with Gasteiger partial charge in [-0.05, 0) is 67.2 Å². The van der Waals surface area contributed by atoms with E-state index >= 15 is 0 Å². The minimum Gasteiger partial charge on any atom is -0.496 e. The average Bonchev–Trinajstić information content (AvgIpc) is 3.17. The Bertz CT molecular complexity index is 1800. The molecule has 2 atom stereocenters. The molecule has 1 N–H and O–H groups in total. The molecule has 1 aliphatic rings. The quantitative estimate of drug-likeness (QED) is 0.187. The molecule has 5 rings (SSSR count). The Hall–Kier alpha value is -4.52. The van der Waals surface area contributed by atoms with Gasteiger partial charge in [0.05, 0.1) is 42.5 Å². The van der Waals surface area contributed by atoms with Crippen LogP contribution in [0.15, 0.2) is 83.3 Å². The van der Waals surface area contributed by atoms with E-state index in [1.165, 1.54) is 34.1 Å². The highest BCUT2D eigenvalue weighted by molar-refractivity contribution is 9.10. The molecular formula is C33H33BrClN5O6. The van der Waals surface area contributed by atoms with Crippen LogP contribution in [0.1, 0.15) is 22.8 Å². The molecule has 1 heterocycles. The van der Waals surface area contributed by atoms with Crippen molar-refractivity contribution in [2.24, 2.45) is 0 Å². The number of hydrogen-bond acceptors (Lipinski definition) is 7. The largest absolute Gasteiger partial charge is 0.496 e. The van der Waals surface area contributed by atoms with E-state index in [1.807, 2.05) is 30.3 Å². The fourth-order valence-corrected chi connectivity index (χ4v) is 5.91. The fraction of sp³-hybridized carbons (Fsp3) is 0.242. The molecule has 0 bridgehead atoms. The van der Waals surface area contributed by atoms with E-state index in [4.69, 9.17) is 4.74 Å². The lowest BCUT2D eigenvalue weighted by Crippen LogP contribution is -2.56. The second-order valence-electron chi connectivity index (χ2n) is 10.7. The maximum Gasteiger partial charge on any atom is 0.269 e. The van der Waals surface area contributed by atoms with Gasteiger partial charge in [-0.1, -0.05) is 40.2 Å². The number of rotatable bonds is 8. The topological polar surface area (TPSA) is 125 Å². The van der Waals surface area contributed by atoms with Gasteiger partial charge in [0, 0.05) is 34.8 Å². The Morgan fingerprint density at radius 3 is 2.39 bits per heavy atom. The number of nitro groups is 1. The highest BCUT2D eigenvalue weighted by Gasteiger charge is 2.40. The summed E-state index contributed by atoms with van der Waals surface area (Å²) in [6.45, 7) is 1.66. The summed E-state index contributed by atoms with van der Waals surface area (Å²) < 4.78 is 6.65. The first-order valence-electron chi connectivity index (χ1n) is 14.2. The Morgan fingerprint density at radius 2 is 1.76 bits per heavy atom. The minimum absolute atomic E-state index is 0. The minimum atomic E-state index is -1.06. The average molecular weight is 711 g/mol. The van der Waals surface area contributed by atoms with E-state index in [2.05, 4.69) is 21.2 Å². The van der Waals surface area contributed by atoms with Gasteiger partial charge < -0.3 is 24.8 Å². The molecule has 0 fully saturated rings. The summed E-state index contributed by atoms with van der Waals surface area (Å²) in [6.07, 6.45) is 0. The predicted molar refractivity (Wildman–Crippen MR) is 183 cm³/mol. The van der Waals surface area contributed by atoms with Crippen LogP contribution in [0.25, 0.3) is 10.8 Å². The molecular weight excluding hydrogens is 678 g/mol. The molecule has 0 aromatic heterocycles. The summed E-state index contributed by atoms with van der Waals surface area (Å²) in [5.41, 5.74) is 1.75. The number of carbonyl (C=O) groups is 3. The molecule has 3 amide bonds. The van der Waals surface area contributed by atoms with E-state index in [1.54, 1.807) is 57.3 Å². The second kappa shape index (κ2) is 14.3. The van der Waals surface area contributed by atoms with Crippen molar-refractivity contribution in [3.63, 3.8) is 0 Å². The van der Waals surface area contributed by atoms with Crippen molar-refractivity contribution in [1.29, 1.82) is 0 Å². The Kier molecular flexibility index (Phi) is 10.7. The second-order valence-corrected chi connectivity index (χ2v) is 11.6. The first kappa shape index (κ1) is 34.4. The molecule has 0 saturated carbocycles. The smallest absolute Gasteiger partial charge is 0.269 e. The van der Waals surface area contributed by atoms with E-state index in [-0.39, 0.29) is 48.6 Å². The number of benzene rings is 4. The lowest BCUT2D eigenvalue weighted by molar-refractivity contribution is -0.384. The predicted octanol–water partition coefficient (Wildman–Crippen LogP) is 5.57. The number of nitrogens with one attached hydrogen (secondary N) is 1. The molecule has 13 heteroatoms. The van der Waals surface area contributed by atoms with Crippen molar-refractivity contribution in [3.05, 3.63) is 105 Å². The summed E-state index contributed by atoms with van der Waals surface area (Å²) >= 11 is 3.53. The molecule has 4 aromatic carbocycles. The Morgan fingerprint density at radius 1 is 1.09 bits per heavy atom. The third-order valence-electron chi connectivity index (χ3n) is 8.15. The summed E-state index contributed by atoms with van der Waals surface area (Å²) in [7, 11) is 4.78. The number of anilines is 2. The number of methoxy groups -OCH3 is 1. The van der Waals surface area contributed by atoms with Crippen molar-refractivity contribution in [2.45, 2.75) is 25.6 Å². The third-order valence-corrected chi connectivity index (χ3v) is 8.64. The maximum atomic E-state index is 14.6. The zero-order valence-electron chi connectivity index (χ0n) is 25.6. The highest BCUT2D eigenvalue weighted by Crippen LogP contribution is 2.38. The normalized spacial score (nSPS) is 15.0. The van der Waals surface area contributed by atoms with Gasteiger partial charge in [0.2, 0.25) is 5.91 Å². The number of para-hydroxylation sites is 2. The van der Waals surface area contributed by atoms with Crippen molar-refractivity contribution < 1.29 is 24.0 Å². The molecule has 0 spiro atoms. The fourth-order valence-electron chi connectivity index (χ4n) is 5.53. The van der Waals surface area contributed by atoms with Crippen LogP contribution in [-0.2, 0) is 16.1 Å². The highest BCUT2D eigenvalue weighted by atomic mass is 79.9. The maximum absolute atomic E-state index is 14.6. The number of likely N-dealkylation sites (N-methyl/N-ethyl adjacent to an activating group) is 2. The molecule has 0 aliphatic carbocycles. The lowest BCUT2D eigenvalue weighted by atomic mass is 10.0. The van der Waals surface area contributed by atoms with E-state index in [9.17, 15) is 24.5 Å². The molecule has 240 valence electrons. The molecule has 1 aliphatic heterocycles. The third kappa shape index (κ3) is 6.55. The van der Waals surface area contributed by atoms with Crippen LogP contribution in [0.2, 0.25) is 0 Å². The van der Waals surface area contributed by atoms with Gasteiger partial charge in [0.1, 0.15) is 11.8 Å². The Balaban J connectivity index is 0.00000480. The summed E-state index contributed by atoms with van der Waals surface area (Å²) in [5.74, 6) is -0.580. The lowest BCUT2D eigenvalue weighted by Gasteiger charge is -2.33. The van der Waals surface area contributed by atoms with Gasteiger partial charge in [0.15, 0.2) is 0 Å². The van der Waals surface area contributed by atoms with Crippen molar-refractivity contribution in [2.75, 3.05) is 37.5 Å². The summed E-state index contributed by atoms with van der Waals surface area (Å²) in [5, 5.41) is 16.0. The standard InChI is InChI=1S/C33H32BrN5O6.ClH/c1-20(35-2)31(40)36(3)29-19-38(32(41)21-9-13-24(14-10-21)39(43)44)28-8-6-5-7-27(28)37(33(29)42)18-26-25-15-12-23(34)17-22(25)11-16-30(26)45-4;/h5-17,20,29,35H,18-19H2,1-4H3;1H/t20-,29-;/m0./s1. The number of non-ortho nitro benzene ring substituents is 1. The van der Waals surface area contributed by atoms with Crippen LogP contribution in [0.5, 0.6) is 5.75 Å². The Labute approximate surface area is 280 Å². The van der Waals surface area contributed by atoms with Crippen LogP contribution < -0.4 is 19.9 Å². The van der Waals surface area contributed by atoms with Crippen LogP contribution >= 0.6 is 28.3 Å². The summed E-state index contributed by atoms with van der Waals surface area (Å²) in [4.78, 5) is 57.3. The molecule has 0 saturated heterocycles. The van der Waals surface area contributed by atoms with Gasteiger partial charge in [0.25, 0.3) is 17.5 Å². The molecule has 4 aromatic rings. The van der Waals surface area contributed by atoms with Gasteiger partial charge in [-0.3, -0.25) is 24.5 Å². The zero-order valence-corrected chi connectivity index (χ0v) is 28.0. The van der Waals surface area contributed by atoms with Gasteiger partial charge >= 0.3 is 0 Å². The van der Waals surface area contributed by atoms with Gasteiger partial charge in [-0.25, -0.2) is 0 Å².